The van der Waals surface area contributed by atoms with Gasteiger partial charge in [0.05, 0.1) is 5.69 Å². The van der Waals surface area contributed by atoms with E-state index in [1.807, 2.05) is 17.9 Å². The van der Waals surface area contributed by atoms with Gasteiger partial charge in [-0.25, -0.2) is 9.67 Å². The molecule has 1 aliphatic heterocycles. The van der Waals surface area contributed by atoms with Crippen molar-refractivity contribution in [1.29, 1.82) is 0 Å². The van der Waals surface area contributed by atoms with Gasteiger partial charge in [-0.15, -0.1) is 0 Å². The van der Waals surface area contributed by atoms with Gasteiger partial charge in [-0.1, -0.05) is 29.8 Å². The predicted octanol–water partition coefficient (Wildman–Crippen LogP) is 3.34. The molecule has 1 aliphatic rings. The van der Waals surface area contributed by atoms with Gasteiger partial charge in [0.2, 0.25) is 5.91 Å². The van der Waals surface area contributed by atoms with E-state index in [0.717, 1.165) is 53.8 Å². The molecule has 2 aromatic heterocycles. The fourth-order valence-electron chi connectivity index (χ4n) is 3.56. The highest BCUT2D eigenvalue weighted by atomic mass is 16.2. The summed E-state index contributed by atoms with van der Waals surface area (Å²) in [5.74, 6) is 0.129. The number of carbonyl (C=O) groups excluding carboxylic acids is 1. The smallest absolute Gasteiger partial charge is 0.244 e. The topological polar surface area (TPSA) is 51.0 Å². The van der Waals surface area contributed by atoms with Gasteiger partial charge in [-0.3, -0.25) is 4.79 Å². The van der Waals surface area contributed by atoms with Gasteiger partial charge >= 0.3 is 0 Å². The maximum absolute atomic E-state index is 12.5. The first-order chi connectivity index (χ1) is 12.1. The summed E-state index contributed by atoms with van der Waals surface area (Å²) in [6.45, 7) is 6.05. The monoisotopic (exact) mass is 334 g/mol. The zero-order valence-corrected chi connectivity index (χ0v) is 14.7. The highest BCUT2D eigenvalue weighted by Crippen LogP contribution is 2.30. The third kappa shape index (κ3) is 2.90. The maximum atomic E-state index is 12.5. The minimum Gasteiger partial charge on any atom is -0.341 e. The number of hydrogen-bond donors (Lipinski definition) is 0. The number of carbonyl (C=O) groups is 1. The van der Waals surface area contributed by atoms with Crippen molar-refractivity contribution in [2.75, 3.05) is 13.1 Å². The standard InChI is InChI=1S/C20H22N4O/c1-14-5-7-16(8-6-14)17-9-10-21-20-19(17)15(2)22-24(20)13-18(25)23-11-3-4-12-23/h5-10H,3-4,11-13H2,1-2H3. The lowest BCUT2D eigenvalue weighted by Crippen LogP contribution is -2.31. The molecule has 0 N–H and O–H groups in total. The number of nitrogens with zero attached hydrogens (tertiary/aromatic N) is 4. The van der Waals surface area contributed by atoms with Crippen molar-refractivity contribution < 1.29 is 4.79 Å². The Morgan fingerprint density at radius 1 is 1.08 bits per heavy atom. The number of likely N-dealkylation sites (tertiary alicyclic amines) is 1. The third-order valence-corrected chi connectivity index (χ3v) is 4.91. The molecule has 0 radical (unpaired) electrons. The maximum Gasteiger partial charge on any atom is 0.244 e. The van der Waals surface area contributed by atoms with Gasteiger partial charge in [0.25, 0.3) is 0 Å². The Kier molecular flexibility index (Phi) is 3.99. The summed E-state index contributed by atoms with van der Waals surface area (Å²) in [6.07, 6.45) is 4.00. The number of aromatic nitrogens is 3. The van der Waals surface area contributed by atoms with Gasteiger partial charge in [0, 0.05) is 24.7 Å². The molecular formula is C20H22N4O. The summed E-state index contributed by atoms with van der Waals surface area (Å²) in [7, 11) is 0. The van der Waals surface area contributed by atoms with E-state index in [-0.39, 0.29) is 12.5 Å². The minimum absolute atomic E-state index is 0.129. The van der Waals surface area contributed by atoms with Crippen LogP contribution < -0.4 is 0 Å². The SMILES string of the molecule is Cc1ccc(-c2ccnc3c2c(C)nn3CC(=O)N2CCCC2)cc1. The summed E-state index contributed by atoms with van der Waals surface area (Å²) in [5.41, 5.74) is 5.18. The second kappa shape index (κ2) is 6.31. The summed E-state index contributed by atoms with van der Waals surface area (Å²) < 4.78 is 1.75. The minimum atomic E-state index is 0.129. The molecule has 5 nitrogen and oxygen atoms in total. The Labute approximate surface area is 147 Å². The van der Waals surface area contributed by atoms with Crippen LogP contribution in [0.25, 0.3) is 22.2 Å². The van der Waals surface area contributed by atoms with Crippen LogP contribution in [0.4, 0.5) is 0 Å². The Morgan fingerprint density at radius 3 is 2.52 bits per heavy atom. The molecule has 1 saturated heterocycles. The molecule has 1 aromatic carbocycles. The van der Waals surface area contributed by atoms with Crippen molar-refractivity contribution in [3.8, 4) is 11.1 Å². The molecule has 0 unspecified atom stereocenters. The van der Waals surface area contributed by atoms with Gasteiger partial charge < -0.3 is 4.90 Å². The zero-order valence-electron chi connectivity index (χ0n) is 14.7. The lowest BCUT2D eigenvalue weighted by Gasteiger charge is -2.15. The largest absolute Gasteiger partial charge is 0.341 e. The second-order valence-electron chi connectivity index (χ2n) is 6.75. The molecule has 0 aliphatic carbocycles. The fraction of sp³-hybridized carbons (Fsp3) is 0.350. The van der Waals surface area contributed by atoms with Crippen LogP contribution in [-0.2, 0) is 11.3 Å². The molecule has 1 amide bonds. The number of hydrogen-bond acceptors (Lipinski definition) is 3. The van der Waals surface area contributed by atoms with E-state index >= 15 is 0 Å². The first-order valence-electron chi connectivity index (χ1n) is 8.80. The van der Waals surface area contributed by atoms with Gasteiger partial charge in [0.1, 0.15) is 6.54 Å². The van der Waals surface area contributed by atoms with Crippen LogP contribution >= 0.6 is 0 Å². The number of pyridine rings is 1. The molecular weight excluding hydrogens is 312 g/mol. The average Bonchev–Trinajstić information content (AvgIpc) is 3.25. The van der Waals surface area contributed by atoms with E-state index in [1.54, 1.807) is 10.9 Å². The second-order valence-corrected chi connectivity index (χ2v) is 6.75. The van der Waals surface area contributed by atoms with E-state index in [1.165, 1.54) is 5.56 Å². The van der Waals surface area contributed by atoms with E-state index in [4.69, 9.17) is 0 Å². The molecule has 5 heteroatoms. The number of rotatable bonds is 3. The predicted molar refractivity (Wildman–Crippen MR) is 98.3 cm³/mol. The Morgan fingerprint density at radius 2 is 1.80 bits per heavy atom. The van der Waals surface area contributed by atoms with Crippen LogP contribution in [-0.4, -0.2) is 38.7 Å². The van der Waals surface area contributed by atoms with Crippen molar-refractivity contribution in [1.82, 2.24) is 19.7 Å². The molecule has 0 atom stereocenters. The van der Waals surface area contributed by atoms with Crippen LogP contribution in [0.2, 0.25) is 0 Å². The summed E-state index contributed by atoms with van der Waals surface area (Å²) in [4.78, 5) is 18.9. The van der Waals surface area contributed by atoms with E-state index in [0.29, 0.717) is 0 Å². The summed E-state index contributed by atoms with van der Waals surface area (Å²) in [6, 6.07) is 10.5. The van der Waals surface area contributed by atoms with Gasteiger partial charge in [-0.05, 0) is 43.9 Å². The highest BCUT2D eigenvalue weighted by molar-refractivity contribution is 5.95. The van der Waals surface area contributed by atoms with Gasteiger partial charge in [-0.2, -0.15) is 5.10 Å². The first kappa shape index (κ1) is 15.8. The normalized spacial score (nSPS) is 14.4. The molecule has 0 spiro atoms. The molecule has 0 saturated carbocycles. The van der Waals surface area contributed by atoms with Crippen LogP contribution in [0, 0.1) is 13.8 Å². The molecule has 4 rings (SSSR count). The van der Waals surface area contributed by atoms with Crippen LogP contribution in [0.1, 0.15) is 24.1 Å². The average molecular weight is 334 g/mol. The van der Waals surface area contributed by atoms with Crippen molar-refractivity contribution in [2.45, 2.75) is 33.2 Å². The number of aryl methyl sites for hydroxylation is 2. The third-order valence-electron chi connectivity index (χ3n) is 4.91. The molecule has 25 heavy (non-hydrogen) atoms. The molecule has 3 heterocycles. The summed E-state index contributed by atoms with van der Waals surface area (Å²) in [5, 5.41) is 5.64. The highest BCUT2D eigenvalue weighted by Gasteiger charge is 2.21. The number of fused-ring (bicyclic) bond motifs is 1. The van der Waals surface area contributed by atoms with Crippen molar-refractivity contribution in [2.24, 2.45) is 0 Å². The Balaban J connectivity index is 1.74. The van der Waals surface area contributed by atoms with Gasteiger partial charge in [0.15, 0.2) is 5.65 Å². The van der Waals surface area contributed by atoms with Crippen LogP contribution in [0.5, 0.6) is 0 Å². The van der Waals surface area contributed by atoms with E-state index < -0.39 is 0 Å². The molecule has 1 fully saturated rings. The Bertz CT molecular complexity index is 921. The lowest BCUT2D eigenvalue weighted by molar-refractivity contribution is -0.130. The van der Waals surface area contributed by atoms with Crippen LogP contribution in [0.15, 0.2) is 36.5 Å². The molecule has 3 aromatic rings. The van der Waals surface area contributed by atoms with Crippen LogP contribution in [0.3, 0.4) is 0 Å². The number of amides is 1. The fourth-order valence-corrected chi connectivity index (χ4v) is 3.56. The number of benzene rings is 1. The van der Waals surface area contributed by atoms with Crippen molar-refractivity contribution in [3.05, 3.63) is 47.8 Å². The first-order valence-corrected chi connectivity index (χ1v) is 8.80. The van der Waals surface area contributed by atoms with E-state index in [2.05, 4.69) is 41.3 Å². The zero-order chi connectivity index (χ0) is 17.4. The van der Waals surface area contributed by atoms with Crippen molar-refractivity contribution >= 4 is 16.9 Å². The van der Waals surface area contributed by atoms with Crippen molar-refractivity contribution in [3.63, 3.8) is 0 Å². The molecule has 0 bridgehead atoms. The lowest BCUT2D eigenvalue weighted by atomic mass is 10.0. The Hall–Kier alpha value is -2.69. The quantitative estimate of drug-likeness (QED) is 0.738. The molecule has 128 valence electrons. The summed E-state index contributed by atoms with van der Waals surface area (Å²) >= 11 is 0. The van der Waals surface area contributed by atoms with E-state index in [9.17, 15) is 4.79 Å².